The van der Waals surface area contributed by atoms with Crippen LogP contribution in [0.15, 0.2) is 6.07 Å². The van der Waals surface area contributed by atoms with Gasteiger partial charge in [0, 0.05) is 19.1 Å². The van der Waals surface area contributed by atoms with E-state index < -0.39 is 5.91 Å². The quantitative estimate of drug-likeness (QED) is 0.710. The van der Waals surface area contributed by atoms with Crippen molar-refractivity contribution in [1.29, 1.82) is 0 Å². The number of nitrogens with one attached hydrogen (secondary N) is 1. The number of nitrogens with zero attached hydrogens (tertiary/aromatic N) is 3. The summed E-state index contributed by atoms with van der Waals surface area (Å²) < 4.78 is 1.81. The van der Waals surface area contributed by atoms with Crippen molar-refractivity contribution in [3.05, 3.63) is 17.5 Å². The number of nitrogens with two attached hydrogens (primary N) is 1. The van der Waals surface area contributed by atoms with Crippen LogP contribution in [0.25, 0.3) is 0 Å². The van der Waals surface area contributed by atoms with Gasteiger partial charge in [-0.1, -0.05) is 0 Å². The summed E-state index contributed by atoms with van der Waals surface area (Å²) in [7, 11) is 0. The number of hydrogen-bond donors (Lipinski definition) is 2. The number of amides is 2. The minimum Gasteiger partial charge on any atom is -0.364 e. The van der Waals surface area contributed by atoms with E-state index in [1.165, 1.54) is 0 Å². The van der Waals surface area contributed by atoms with Crippen LogP contribution in [0.1, 0.15) is 36.5 Å². The Kier molecular flexibility index (Phi) is 2.82. The van der Waals surface area contributed by atoms with Gasteiger partial charge in [0.2, 0.25) is 5.91 Å². The van der Waals surface area contributed by atoms with Crippen molar-refractivity contribution in [2.75, 3.05) is 6.54 Å². The van der Waals surface area contributed by atoms with Gasteiger partial charge in [0.05, 0.1) is 24.2 Å². The Hall–Kier alpha value is -1.89. The second kappa shape index (κ2) is 4.31. The van der Waals surface area contributed by atoms with Gasteiger partial charge >= 0.3 is 0 Å². The topological polar surface area (TPSA) is 93.2 Å². The number of carbonyl (C=O) groups is 2. The zero-order valence-electron chi connectivity index (χ0n) is 11.7. The van der Waals surface area contributed by atoms with Crippen LogP contribution in [-0.4, -0.2) is 44.6 Å². The molecular formula is C13H19N5O2. The summed E-state index contributed by atoms with van der Waals surface area (Å²) in [5.41, 5.74) is 6.27. The summed E-state index contributed by atoms with van der Waals surface area (Å²) in [6, 6.07) is 2.10. The lowest BCUT2D eigenvalue weighted by molar-refractivity contribution is -0.134. The van der Waals surface area contributed by atoms with Gasteiger partial charge in [-0.2, -0.15) is 5.10 Å². The number of rotatable bonds is 2. The van der Waals surface area contributed by atoms with E-state index >= 15 is 0 Å². The minimum absolute atomic E-state index is 0.0689. The molecule has 2 amide bonds. The SMILES string of the molecule is CC(C)N1Cc2cc(C(N)=O)nn2CC2(CC(=O)N2)C1. The van der Waals surface area contributed by atoms with Crippen LogP contribution < -0.4 is 11.1 Å². The first-order chi connectivity index (χ1) is 9.38. The highest BCUT2D eigenvalue weighted by Gasteiger charge is 2.46. The summed E-state index contributed by atoms with van der Waals surface area (Å²) in [6.45, 7) is 6.33. The van der Waals surface area contributed by atoms with E-state index in [2.05, 4.69) is 29.2 Å². The van der Waals surface area contributed by atoms with Crippen molar-refractivity contribution in [1.82, 2.24) is 20.0 Å². The highest BCUT2D eigenvalue weighted by molar-refractivity contribution is 5.90. The van der Waals surface area contributed by atoms with E-state index in [4.69, 9.17) is 5.73 Å². The molecule has 1 aromatic heterocycles. The molecule has 0 bridgehead atoms. The van der Waals surface area contributed by atoms with Crippen LogP contribution in [0.2, 0.25) is 0 Å². The Bertz CT molecular complexity index is 569. The third-order valence-electron chi connectivity index (χ3n) is 4.07. The molecule has 0 aromatic carbocycles. The molecular weight excluding hydrogens is 258 g/mol. The van der Waals surface area contributed by atoms with Gasteiger partial charge in [-0.05, 0) is 19.9 Å². The maximum atomic E-state index is 11.4. The predicted molar refractivity (Wildman–Crippen MR) is 71.8 cm³/mol. The average Bonchev–Trinajstić information content (AvgIpc) is 2.62. The Balaban J connectivity index is 1.96. The fourth-order valence-electron chi connectivity index (χ4n) is 2.97. The molecule has 7 nitrogen and oxygen atoms in total. The molecule has 0 saturated carbocycles. The fraction of sp³-hybridized carbons (Fsp3) is 0.615. The number of β-lactam (4-membered cyclic amide) rings is 1. The van der Waals surface area contributed by atoms with Crippen LogP contribution in [-0.2, 0) is 17.9 Å². The molecule has 2 aliphatic rings. The highest BCUT2D eigenvalue weighted by Crippen LogP contribution is 2.29. The zero-order chi connectivity index (χ0) is 14.5. The molecule has 0 aliphatic carbocycles. The predicted octanol–water partition coefficient (Wildman–Crippen LogP) is -0.535. The summed E-state index contributed by atoms with van der Waals surface area (Å²) in [5.74, 6) is -0.451. The standard InChI is InChI=1S/C13H19N5O2/c1-8(2)17-5-9-3-10(12(14)20)16-18(9)7-13(6-17)4-11(19)15-13/h3,8H,4-7H2,1-2H3,(H2,14,20)(H,15,19). The van der Waals surface area contributed by atoms with Crippen molar-refractivity contribution in [3.63, 3.8) is 0 Å². The van der Waals surface area contributed by atoms with Crippen molar-refractivity contribution >= 4 is 11.8 Å². The number of hydrogen-bond acceptors (Lipinski definition) is 4. The molecule has 1 spiro atoms. The highest BCUT2D eigenvalue weighted by atomic mass is 16.2. The van der Waals surface area contributed by atoms with Gasteiger partial charge in [0.15, 0.2) is 0 Å². The first kappa shape index (κ1) is 13.1. The van der Waals surface area contributed by atoms with Gasteiger partial charge in [0.25, 0.3) is 5.91 Å². The lowest BCUT2D eigenvalue weighted by atomic mass is 9.86. The largest absolute Gasteiger partial charge is 0.364 e. The van der Waals surface area contributed by atoms with Crippen molar-refractivity contribution in [2.45, 2.75) is 44.9 Å². The van der Waals surface area contributed by atoms with E-state index in [-0.39, 0.29) is 17.1 Å². The van der Waals surface area contributed by atoms with E-state index in [1.54, 1.807) is 6.07 Å². The van der Waals surface area contributed by atoms with Crippen molar-refractivity contribution < 1.29 is 9.59 Å². The molecule has 20 heavy (non-hydrogen) atoms. The maximum Gasteiger partial charge on any atom is 0.269 e. The molecule has 1 atom stereocenters. The van der Waals surface area contributed by atoms with Gasteiger partial charge < -0.3 is 11.1 Å². The van der Waals surface area contributed by atoms with E-state index in [0.717, 1.165) is 12.2 Å². The second-order valence-electron chi connectivity index (χ2n) is 6.05. The van der Waals surface area contributed by atoms with Gasteiger partial charge in [-0.3, -0.25) is 19.2 Å². The molecule has 7 heteroatoms. The first-order valence-corrected chi connectivity index (χ1v) is 6.80. The van der Waals surface area contributed by atoms with Crippen molar-refractivity contribution in [2.24, 2.45) is 5.73 Å². The summed E-state index contributed by atoms with van der Waals surface area (Å²) in [6.07, 6.45) is 0.501. The van der Waals surface area contributed by atoms with Gasteiger partial charge in [-0.25, -0.2) is 0 Å². The molecule has 0 radical (unpaired) electrons. The maximum absolute atomic E-state index is 11.4. The molecule has 2 aliphatic heterocycles. The number of primary amides is 1. The molecule has 3 heterocycles. The number of carbonyl (C=O) groups excluding carboxylic acids is 2. The molecule has 1 saturated heterocycles. The molecule has 1 fully saturated rings. The molecule has 1 aromatic rings. The first-order valence-electron chi connectivity index (χ1n) is 6.80. The van der Waals surface area contributed by atoms with Crippen molar-refractivity contribution in [3.8, 4) is 0 Å². The van der Waals surface area contributed by atoms with Crippen LogP contribution in [0.3, 0.4) is 0 Å². The Morgan fingerprint density at radius 1 is 1.50 bits per heavy atom. The lowest BCUT2D eigenvalue weighted by Crippen LogP contribution is -2.67. The van der Waals surface area contributed by atoms with Gasteiger partial charge in [0.1, 0.15) is 5.69 Å². The van der Waals surface area contributed by atoms with Crippen LogP contribution >= 0.6 is 0 Å². The van der Waals surface area contributed by atoms with Gasteiger partial charge in [-0.15, -0.1) is 0 Å². The Labute approximate surface area is 117 Å². The molecule has 108 valence electrons. The molecule has 3 rings (SSSR count). The van der Waals surface area contributed by atoms with Crippen LogP contribution in [0.5, 0.6) is 0 Å². The Morgan fingerprint density at radius 3 is 2.75 bits per heavy atom. The second-order valence-corrected chi connectivity index (χ2v) is 6.05. The fourth-order valence-corrected chi connectivity index (χ4v) is 2.97. The Morgan fingerprint density at radius 2 is 2.20 bits per heavy atom. The van der Waals surface area contributed by atoms with E-state index in [0.29, 0.717) is 25.6 Å². The summed E-state index contributed by atoms with van der Waals surface area (Å²) in [4.78, 5) is 24.9. The third-order valence-corrected chi connectivity index (χ3v) is 4.07. The third kappa shape index (κ3) is 2.07. The number of fused-ring (bicyclic) bond motifs is 1. The average molecular weight is 277 g/mol. The van der Waals surface area contributed by atoms with Crippen LogP contribution in [0, 0.1) is 0 Å². The van der Waals surface area contributed by atoms with E-state index in [9.17, 15) is 9.59 Å². The molecule has 1 unspecified atom stereocenters. The van der Waals surface area contributed by atoms with E-state index in [1.807, 2.05) is 4.68 Å². The normalized spacial score (nSPS) is 26.1. The smallest absolute Gasteiger partial charge is 0.269 e. The van der Waals surface area contributed by atoms with Crippen LogP contribution in [0.4, 0.5) is 0 Å². The lowest BCUT2D eigenvalue weighted by Gasteiger charge is -2.44. The zero-order valence-corrected chi connectivity index (χ0v) is 11.7. The number of aromatic nitrogens is 2. The monoisotopic (exact) mass is 277 g/mol. The summed E-state index contributed by atoms with van der Waals surface area (Å²) in [5, 5.41) is 7.28. The minimum atomic E-state index is -0.520. The molecule has 3 N–H and O–H groups in total. The summed E-state index contributed by atoms with van der Waals surface area (Å²) >= 11 is 0.